The van der Waals surface area contributed by atoms with Crippen molar-refractivity contribution in [2.45, 2.75) is 104 Å². The second-order valence-corrected chi connectivity index (χ2v) is 6.04. The molecule has 1 aliphatic carbocycles. The van der Waals surface area contributed by atoms with Gasteiger partial charge in [0.05, 0.1) is 0 Å². The van der Waals surface area contributed by atoms with Gasteiger partial charge in [0.25, 0.3) is 0 Å². The highest BCUT2D eigenvalue weighted by Crippen LogP contribution is 2.29. The molecule has 0 heterocycles. The summed E-state index contributed by atoms with van der Waals surface area (Å²) < 4.78 is 0. The molecule has 1 rings (SSSR count). The third kappa shape index (κ3) is 6.61. The molecule has 0 saturated heterocycles. The molecule has 0 aliphatic heterocycles. The maximum Gasteiger partial charge on any atom is -0.0318 e. The molecule has 0 aromatic carbocycles. The molecule has 0 radical (unpaired) electrons. The van der Waals surface area contributed by atoms with Crippen LogP contribution in [0.3, 0.4) is 0 Å². The van der Waals surface area contributed by atoms with Crippen molar-refractivity contribution in [3.8, 4) is 0 Å². The zero-order valence-electron chi connectivity index (χ0n) is 12.9. The maximum atomic E-state index is 2.31. The number of hydrogen-bond acceptors (Lipinski definition) is 0. The van der Waals surface area contributed by atoms with E-state index in [1.54, 1.807) is 0 Å². The molecule has 0 bridgehead atoms. The fraction of sp³-hybridized carbons (Fsp3) is 0.889. The van der Waals surface area contributed by atoms with E-state index in [0.29, 0.717) is 0 Å². The largest absolute Gasteiger partial charge is 0.0710 e. The summed E-state index contributed by atoms with van der Waals surface area (Å²) in [5.41, 5.74) is 3.75. The first-order valence-electron chi connectivity index (χ1n) is 8.58. The van der Waals surface area contributed by atoms with Crippen molar-refractivity contribution in [1.29, 1.82) is 0 Å². The van der Waals surface area contributed by atoms with Crippen molar-refractivity contribution < 1.29 is 0 Å². The predicted molar refractivity (Wildman–Crippen MR) is 83.0 cm³/mol. The van der Waals surface area contributed by atoms with Gasteiger partial charge in [-0.1, -0.05) is 63.5 Å². The van der Waals surface area contributed by atoms with Crippen molar-refractivity contribution in [3.63, 3.8) is 0 Å². The Bertz CT molecular complexity index is 200. The molecule has 0 N–H and O–H groups in total. The second-order valence-electron chi connectivity index (χ2n) is 6.04. The first-order chi connectivity index (χ1) is 8.88. The van der Waals surface area contributed by atoms with Crippen LogP contribution in [0.4, 0.5) is 0 Å². The van der Waals surface area contributed by atoms with E-state index < -0.39 is 0 Å². The maximum absolute atomic E-state index is 2.31. The summed E-state index contributed by atoms with van der Waals surface area (Å²) in [4.78, 5) is 0. The Morgan fingerprint density at radius 3 is 1.44 bits per heavy atom. The second kappa shape index (κ2) is 10.6. The molecule has 0 aromatic rings. The molecule has 1 aliphatic rings. The van der Waals surface area contributed by atoms with Gasteiger partial charge in [-0.25, -0.2) is 0 Å². The van der Waals surface area contributed by atoms with Crippen LogP contribution in [-0.4, -0.2) is 0 Å². The van der Waals surface area contributed by atoms with Gasteiger partial charge in [0, 0.05) is 0 Å². The fourth-order valence-electron chi connectivity index (χ4n) is 3.16. The van der Waals surface area contributed by atoms with Crippen molar-refractivity contribution in [1.82, 2.24) is 0 Å². The smallest absolute Gasteiger partial charge is 0.0318 e. The molecule has 0 atom stereocenters. The zero-order chi connectivity index (χ0) is 13.1. The lowest BCUT2D eigenvalue weighted by Gasteiger charge is -2.19. The Hall–Kier alpha value is -0.260. The van der Waals surface area contributed by atoms with Crippen LogP contribution < -0.4 is 0 Å². The van der Waals surface area contributed by atoms with Crippen LogP contribution in [-0.2, 0) is 0 Å². The molecule has 0 heteroatoms. The van der Waals surface area contributed by atoms with Crippen LogP contribution in [0.25, 0.3) is 0 Å². The van der Waals surface area contributed by atoms with E-state index >= 15 is 0 Å². The zero-order valence-corrected chi connectivity index (χ0v) is 12.9. The quantitative estimate of drug-likeness (QED) is 0.328. The molecular weight excluding hydrogens is 216 g/mol. The third-order valence-corrected chi connectivity index (χ3v) is 4.37. The fourth-order valence-corrected chi connectivity index (χ4v) is 3.16. The molecule has 0 amide bonds. The van der Waals surface area contributed by atoms with Gasteiger partial charge in [0.2, 0.25) is 0 Å². The van der Waals surface area contributed by atoms with Gasteiger partial charge in [0.15, 0.2) is 0 Å². The van der Waals surface area contributed by atoms with E-state index in [1.165, 1.54) is 89.9 Å². The molecule has 0 spiro atoms. The van der Waals surface area contributed by atoms with Gasteiger partial charge >= 0.3 is 0 Å². The minimum atomic E-state index is 1.36. The number of allylic oxidation sites excluding steroid dienone is 2. The lowest BCUT2D eigenvalue weighted by molar-refractivity contribution is 0.569. The number of rotatable bonds is 8. The van der Waals surface area contributed by atoms with Gasteiger partial charge in [-0.05, 0) is 51.4 Å². The molecule has 18 heavy (non-hydrogen) atoms. The van der Waals surface area contributed by atoms with Gasteiger partial charge in [-0.2, -0.15) is 0 Å². The van der Waals surface area contributed by atoms with Crippen molar-refractivity contribution in [2.75, 3.05) is 0 Å². The highest BCUT2D eigenvalue weighted by molar-refractivity contribution is 5.15. The molecule has 0 fully saturated rings. The van der Waals surface area contributed by atoms with Crippen LogP contribution in [0.1, 0.15) is 104 Å². The van der Waals surface area contributed by atoms with Gasteiger partial charge in [-0.3, -0.25) is 0 Å². The van der Waals surface area contributed by atoms with Crippen molar-refractivity contribution in [2.24, 2.45) is 0 Å². The minimum Gasteiger partial charge on any atom is -0.0710 e. The summed E-state index contributed by atoms with van der Waals surface area (Å²) in [5.74, 6) is 0. The van der Waals surface area contributed by atoms with Crippen molar-refractivity contribution in [3.05, 3.63) is 11.1 Å². The minimum absolute atomic E-state index is 1.36. The first-order valence-corrected chi connectivity index (χ1v) is 8.58. The highest BCUT2D eigenvalue weighted by atomic mass is 14.2. The molecule has 0 unspecified atom stereocenters. The molecule has 0 saturated carbocycles. The molecule has 0 aromatic heterocycles. The molecule has 0 nitrogen and oxygen atoms in total. The van der Waals surface area contributed by atoms with Crippen LogP contribution in [0.15, 0.2) is 11.1 Å². The average molecular weight is 250 g/mol. The van der Waals surface area contributed by atoms with E-state index in [0.717, 1.165) is 0 Å². The van der Waals surface area contributed by atoms with Crippen LogP contribution in [0.2, 0.25) is 0 Å². The summed E-state index contributed by atoms with van der Waals surface area (Å²) in [6.45, 7) is 4.63. The normalized spacial score (nSPS) is 21.7. The molecular formula is C18H34. The Morgan fingerprint density at radius 1 is 0.611 bits per heavy atom. The SMILES string of the molecule is CCCCC/C1=C(\CCCCC)CCCCCC1. The third-order valence-electron chi connectivity index (χ3n) is 4.37. The highest BCUT2D eigenvalue weighted by Gasteiger charge is 2.10. The van der Waals surface area contributed by atoms with Gasteiger partial charge in [-0.15, -0.1) is 0 Å². The summed E-state index contributed by atoms with van der Waals surface area (Å²) in [5, 5.41) is 0. The summed E-state index contributed by atoms with van der Waals surface area (Å²) in [7, 11) is 0. The Kier molecular flexibility index (Phi) is 9.34. The lowest BCUT2D eigenvalue weighted by atomic mass is 9.88. The van der Waals surface area contributed by atoms with Crippen molar-refractivity contribution >= 4 is 0 Å². The van der Waals surface area contributed by atoms with Gasteiger partial charge < -0.3 is 0 Å². The standard InChI is InChI=1S/C18H34/c1-3-5-9-13-17-15-11-7-8-12-16-18(17)14-10-6-4-2/h3-16H2,1-2H3/b18-17-. The van der Waals surface area contributed by atoms with Crippen LogP contribution in [0, 0.1) is 0 Å². The number of unbranched alkanes of at least 4 members (excludes halogenated alkanes) is 4. The van der Waals surface area contributed by atoms with Gasteiger partial charge in [0.1, 0.15) is 0 Å². The lowest BCUT2D eigenvalue weighted by Crippen LogP contribution is -1.99. The Labute approximate surface area is 115 Å². The van der Waals surface area contributed by atoms with E-state index in [2.05, 4.69) is 13.8 Å². The molecule has 106 valence electrons. The Morgan fingerprint density at radius 2 is 1.06 bits per heavy atom. The summed E-state index contributed by atoms with van der Waals surface area (Å²) >= 11 is 0. The monoisotopic (exact) mass is 250 g/mol. The van der Waals surface area contributed by atoms with E-state index in [9.17, 15) is 0 Å². The Balaban J connectivity index is 2.51. The summed E-state index contributed by atoms with van der Waals surface area (Å²) in [6.07, 6.45) is 20.0. The van der Waals surface area contributed by atoms with Crippen LogP contribution >= 0.6 is 0 Å². The topological polar surface area (TPSA) is 0 Å². The van der Waals surface area contributed by atoms with E-state index in [1.807, 2.05) is 11.1 Å². The van der Waals surface area contributed by atoms with E-state index in [4.69, 9.17) is 0 Å². The average Bonchev–Trinajstić information content (AvgIpc) is 2.35. The summed E-state index contributed by atoms with van der Waals surface area (Å²) in [6, 6.07) is 0. The van der Waals surface area contributed by atoms with Crippen LogP contribution in [0.5, 0.6) is 0 Å². The van der Waals surface area contributed by atoms with E-state index in [-0.39, 0.29) is 0 Å². The predicted octanol–water partition coefficient (Wildman–Crippen LogP) is 6.80. The number of hydrogen-bond donors (Lipinski definition) is 0. The first kappa shape index (κ1) is 15.8.